The first-order chi connectivity index (χ1) is 19.7. The minimum atomic E-state index is 0.283. The van der Waals surface area contributed by atoms with Crippen molar-refractivity contribution in [1.82, 2.24) is 4.90 Å². The standard InChI is InChI=1S/C37H50N4/c1-9-16-34(10-2)39-26-35(25-28(4)5)40-36(29(6)7)24-23-31-17-15-18-32(22-21-31)27-41(11-3)37(38)30(8)33-19-13-12-14-20-33/h9,11-13,16-19,21-25,28-29,38H,3,8,10,14-15,20,26-27H2,1-2,4-7H3/b16-9-,24-23+,35-25+,38-37?,39-34-,40-36+. The van der Waals surface area contributed by atoms with Crippen LogP contribution in [0.5, 0.6) is 0 Å². The first-order valence-electron chi connectivity index (χ1n) is 14.9. The van der Waals surface area contributed by atoms with Crippen LogP contribution in [-0.2, 0) is 0 Å². The lowest BCUT2D eigenvalue weighted by atomic mass is 9.97. The highest BCUT2D eigenvalue weighted by atomic mass is 15.1. The number of nitrogens with one attached hydrogen (secondary N) is 1. The zero-order valence-electron chi connectivity index (χ0n) is 26.2. The number of rotatable bonds is 14. The quantitative estimate of drug-likeness (QED) is 0.170. The van der Waals surface area contributed by atoms with Gasteiger partial charge in [-0.05, 0) is 79.5 Å². The molecule has 2 aliphatic rings. The van der Waals surface area contributed by atoms with Crippen LogP contribution in [0, 0.1) is 17.2 Å². The van der Waals surface area contributed by atoms with Gasteiger partial charge in [0.1, 0.15) is 5.84 Å². The van der Waals surface area contributed by atoms with Gasteiger partial charge in [-0.3, -0.25) is 15.4 Å². The van der Waals surface area contributed by atoms with Crippen molar-refractivity contribution in [2.45, 2.75) is 67.2 Å². The van der Waals surface area contributed by atoms with E-state index in [2.05, 4.69) is 109 Å². The lowest BCUT2D eigenvalue weighted by molar-refractivity contribution is 0.607. The summed E-state index contributed by atoms with van der Waals surface area (Å²) < 4.78 is 0. The van der Waals surface area contributed by atoms with Gasteiger partial charge in [0.25, 0.3) is 0 Å². The van der Waals surface area contributed by atoms with Gasteiger partial charge in [-0.2, -0.15) is 0 Å². The van der Waals surface area contributed by atoms with Gasteiger partial charge in [0.05, 0.1) is 12.2 Å². The monoisotopic (exact) mass is 550 g/mol. The molecule has 2 rings (SSSR count). The van der Waals surface area contributed by atoms with Gasteiger partial charge in [0.15, 0.2) is 0 Å². The molecule has 0 aromatic heterocycles. The highest BCUT2D eigenvalue weighted by Gasteiger charge is 2.15. The number of amidine groups is 1. The molecule has 0 amide bonds. The Morgan fingerprint density at radius 2 is 1.93 bits per heavy atom. The molecule has 0 unspecified atom stereocenters. The van der Waals surface area contributed by atoms with Crippen LogP contribution in [0.3, 0.4) is 0 Å². The Balaban J connectivity index is 2.16. The van der Waals surface area contributed by atoms with E-state index in [0.29, 0.717) is 24.8 Å². The third-order valence-corrected chi connectivity index (χ3v) is 6.77. The number of nitrogens with zero attached hydrogens (tertiary/aromatic N) is 3. The summed E-state index contributed by atoms with van der Waals surface area (Å²) in [6.07, 6.45) is 30.9. The second kappa shape index (κ2) is 17.8. The molecule has 41 heavy (non-hydrogen) atoms. The maximum Gasteiger partial charge on any atom is 0.132 e. The normalized spacial score (nSPS) is 16.8. The molecular formula is C37H50N4. The van der Waals surface area contributed by atoms with Crippen LogP contribution in [0.4, 0.5) is 0 Å². The van der Waals surface area contributed by atoms with Gasteiger partial charge in [-0.15, -0.1) is 0 Å². The average Bonchev–Trinajstić information content (AvgIpc) is 3.19. The molecule has 4 heteroatoms. The van der Waals surface area contributed by atoms with Crippen molar-refractivity contribution in [3.8, 4) is 0 Å². The second-order valence-corrected chi connectivity index (χ2v) is 10.9. The zero-order valence-corrected chi connectivity index (χ0v) is 26.2. The topological polar surface area (TPSA) is 51.8 Å². The Labute approximate surface area is 249 Å². The molecule has 0 saturated carbocycles. The van der Waals surface area contributed by atoms with Crippen LogP contribution in [0.25, 0.3) is 0 Å². The fraction of sp³-hybridized carbons (Fsp3) is 0.378. The van der Waals surface area contributed by atoms with E-state index in [0.717, 1.165) is 65.1 Å². The number of allylic oxidation sites excluding steroid dienone is 12. The Bertz CT molecular complexity index is 1250. The van der Waals surface area contributed by atoms with Crippen molar-refractivity contribution >= 4 is 17.3 Å². The van der Waals surface area contributed by atoms with E-state index in [9.17, 15) is 0 Å². The summed E-state index contributed by atoms with van der Waals surface area (Å²) in [4.78, 5) is 11.7. The summed E-state index contributed by atoms with van der Waals surface area (Å²) in [5.74, 6) is 1.08. The molecule has 0 fully saturated rings. The van der Waals surface area contributed by atoms with E-state index in [1.165, 1.54) is 0 Å². The van der Waals surface area contributed by atoms with Crippen molar-refractivity contribution in [1.29, 1.82) is 5.41 Å². The first kappa shape index (κ1) is 33.4. The molecule has 0 bridgehead atoms. The molecule has 0 radical (unpaired) electrons. The Morgan fingerprint density at radius 1 is 1.15 bits per heavy atom. The highest BCUT2D eigenvalue weighted by Crippen LogP contribution is 2.22. The molecule has 0 aromatic carbocycles. The second-order valence-electron chi connectivity index (χ2n) is 10.9. The Morgan fingerprint density at radius 3 is 2.54 bits per heavy atom. The number of aliphatic imine (C=N–C) groups is 2. The van der Waals surface area contributed by atoms with Crippen LogP contribution in [-0.4, -0.2) is 35.2 Å². The molecule has 2 aliphatic carbocycles. The summed E-state index contributed by atoms with van der Waals surface area (Å²) in [7, 11) is 0. The lowest BCUT2D eigenvalue weighted by Crippen LogP contribution is -2.28. The summed E-state index contributed by atoms with van der Waals surface area (Å²) in [5.41, 5.74) is 7.31. The highest BCUT2D eigenvalue weighted by molar-refractivity contribution is 6.00. The van der Waals surface area contributed by atoms with Crippen molar-refractivity contribution in [2.75, 3.05) is 13.1 Å². The molecule has 0 aromatic rings. The fourth-order valence-corrected chi connectivity index (χ4v) is 4.41. The van der Waals surface area contributed by atoms with Crippen molar-refractivity contribution in [3.05, 3.63) is 120 Å². The fourth-order valence-electron chi connectivity index (χ4n) is 4.41. The van der Waals surface area contributed by atoms with Crippen molar-refractivity contribution in [3.63, 3.8) is 0 Å². The molecule has 0 spiro atoms. The van der Waals surface area contributed by atoms with E-state index in [1.807, 2.05) is 24.0 Å². The van der Waals surface area contributed by atoms with Gasteiger partial charge in [-0.1, -0.05) is 109 Å². The van der Waals surface area contributed by atoms with Crippen molar-refractivity contribution in [2.24, 2.45) is 21.8 Å². The predicted octanol–water partition coefficient (Wildman–Crippen LogP) is 9.67. The van der Waals surface area contributed by atoms with Gasteiger partial charge in [-0.25, -0.2) is 0 Å². The Kier molecular flexibility index (Phi) is 14.5. The molecule has 0 aliphatic heterocycles. The molecule has 0 atom stereocenters. The maximum atomic E-state index is 8.72. The molecule has 1 N–H and O–H groups in total. The molecule has 0 saturated heterocycles. The first-order valence-corrected chi connectivity index (χ1v) is 14.9. The minimum Gasteiger partial charge on any atom is -0.329 e. The number of hydrogen-bond donors (Lipinski definition) is 1. The van der Waals surface area contributed by atoms with Crippen LogP contribution < -0.4 is 0 Å². The minimum absolute atomic E-state index is 0.283. The number of hydrogen-bond acceptors (Lipinski definition) is 3. The van der Waals surface area contributed by atoms with E-state index in [-0.39, 0.29) is 5.92 Å². The zero-order chi connectivity index (χ0) is 30.2. The van der Waals surface area contributed by atoms with E-state index in [4.69, 9.17) is 15.4 Å². The van der Waals surface area contributed by atoms with Crippen LogP contribution >= 0.6 is 0 Å². The molecule has 0 heterocycles. The predicted molar refractivity (Wildman–Crippen MR) is 182 cm³/mol. The van der Waals surface area contributed by atoms with Gasteiger partial charge >= 0.3 is 0 Å². The smallest absolute Gasteiger partial charge is 0.132 e. The maximum absolute atomic E-state index is 8.72. The summed E-state index contributed by atoms with van der Waals surface area (Å²) in [6, 6.07) is 0. The summed E-state index contributed by atoms with van der Waals surface area (Å²) >= 11 is 0. The van der Waals surface area contributed by atoms with Crippen LogP contribution in [0.2, 0.25) is 0 Å². The van der Waals surface area contributed by atoms with E-state index in [1.54, 1.807) is 6.20 Å². The van der Waals surface area contributed by atoms with Crippen molar-refractivity contribution < 1.29 is 0 Å². The molecular weight excluding hydrogens is 500 g/mol. The Hall–Kier alpha value is -3.79. The SMILES string of the molecule is C=CN(CC1=CCC=C(/C=C/C(=N\C(=C\C(C)C)C/N=C(\C=C/C)CC)C(C)C)C=C1)C(=N)C(=C)C1=CC=CCC1. The summed E-state index contributed by atoms with van der Waals surface area (Å²) in [6.45, 7) is 22.2. The third-order valence-electron chi connectivity index (χ3n) is 6.77. The van der Waals surface area contributed by atoms with Gasteiger partial charge in [0.2, 0.25) is 0 Å². The largest absolute Gasteiger partial charge is 0.329 e. The lowest BCUT2D eigenvalue weighted by Gasteiger charge is -2.24. The van der Waals surface area contributed by atoms with Gasteiger partial charge in [0, 0.05) is 23.5 Å². The van der Waals surface area contributed by atoms with E-state index >= 15 is 0 Å². The average molecular weight is 551 g/mol. The van der Waals surface area contributed by atoms with Crippen LogP contribution in [0.15, 0.2) is 130 Å². The van der Waals surface area contributed by atoms with E-state index < -0.39 is 0 Å². The molecule has 4 nitrogen and oxygen atoms in total. The third kappa shape index (κ3) is 11.7. The summed E-state index contributed by atoms with van der Waals surface area (Å²) in [5, 5.41) is 8.72. The van der Waals surface area contributed by atoms with Crippen LogP contribution in [0.1, 0.15) is 67.2 Å². The van der Waals surface area contributed by atoms with Gasteiger partial charge < -0.3 is 4.90 Å². The molecule has 218 valence electrons.